The second-order valence-corrected chi connectivity index (χ2v) is 6.40. The largest absolute Gasteiger partial charge is 0.356 e. The minimum absolute atomic E-state index is 0.0770. The quantitative estimate of drug-likeness (QED) is 0.893. The first kappa shape index (κ1) is 14.5. The van der Waals surface area contributed by atoms with Crippen molar-refractivity contribution in [3.05, 3.63) is 35.4 Å². The van der Waals surface area contributed by atoms with Gasteiger partial charge in [-0.15, -0.1) is 0 Å². The fraction of sp³-hybridized carbons (Fsp3) is 0.588. The van der Waals surface area contributed by atoms with Gasteiger partial charge in [0.25, 0.3) is 0 Å². The summed E-state index contributed by atoms with van der Waals surface area (Å²) in [4.78, 5) is 13.6. The zero-order valence-corrected chi connectivity index (χ0v) is 12.7. The Kier molecular flexibility index (Phi) is 4.27. The van der Waals surface area contributed by atoms with Crippen LogP contribution in [0.25, 0.3) is 0 Å². The molecular formula is C17H25N3O. The molecule has 1 aromatic rings. The summed E-state index contributed by atoms with van der Waals surface area (Å²) >= 11 is 0. The van der Waals surface area contributed by atoms with E-state index in [0.717, 1.165) is 38.9 Å². The third kappa shape index (κ3) is 3.11. The van der Waals surface area contributed by atoms with Gasteiger partial charge in [0.15, 0.2) is 0 Å². The maximum Gasteiger partial charge on any atom is 0.216 e. The fourth-order valence-electron chi connectivity index (χ4n) is 3.75. The highest BCUT2D eigenvalue weighted by Crippen LogP contribution is 2.41. The van der Waals surface area contributed by atoms with Crippen molar-refractivity contribution < 1.29 is 4.79 Å². The lowest BCUT2D eigenvalue weighted by atomic mass is 9.94. The molecule has 0 aromatic heterocycles. The fourth-order valence-corrected chi connectivity index (χ4v) is 3.75. The molecule has 3 rings (SSSR count). The van der Waals surface area contributed by atoms with Gasteiger partial charge in [0.05, 0.1) is 0 Å². The van der Waals surface area contributed by atoms with Crippen molar-refractivity contribution in [2.45, 2.75) is 38.3 Å². The van der Waals surface area contributed by atoms with E-state index in [-0.39, 0.29) is 11.9 Å². The Morgan fingerprint density at radius 3 is 2.62 bits per heavy atom. The van der Waals surface area contributed by atoms with Crippen molar-refractivity contribution in [2.24, 2.45) is 11.7 Å². The lowest BCUT2D eigenvalue weighted by Gasteiger charge is -2.36. The summed E-state index contributed by atoms with van der Waals surface area (Å²) in [5, 5.41) is 2.94. The molecule has 0 spiro atoms. The van der Waals surface area contributed by atoms with Crippen molar-refractivity contribution >= 4 is 5.91 Å². The van der Waals surface area contributed by atoms with E-state index in [1.54, 1.807) is 6.92 Å². The predicted molar refractivity (Wildman–Crippen MR) is 83.7 cm³/mol. The molecule has 2 atom stereocenters. The van der Waals surface area contributed by atoms with Gasteiger partial charge in [0.2, 0.25) is 5.91 Å². The minimum atomic E-state index is 0.0770. The van der Waals surface area contributed by atoms with Gasteiger partial charge >= 0.3 is 0 Å². The summed E-state index contributed by atoms with van der Waals surface area (Å²) in [6.07, 6.45) is 3.36. The van der Waals surface area contributed by atoms with Gasteiger partial charge in [-0.1, -0.05) is 24.3 Å². The molecule has 1 aliphatic heterocycles. The molecule has 2 aliphatic rings. The Morgan fingerprint density at radius 2 is 1.95 bits per heavy atom. The zero-order valence-electron chi connectivity index (χ0n) is 12.7. The third-order valence-electron chi connectivity index (χ3n) is 4.96. The predicted octanol–water partition coefficient (Wildman–Crippen LogP) is 1.98. The van der Waals surface area contributed by atoms with E-state index in [1.165, 1.54) is 11.1 Å². The highest BCUT2D eigenvalue weighted by atomic mass is 16.1. The Labute approximate surface area is 126 Å². The van der Waals surface area contributed by atoms with Crippen LogP contribution in [0.15, 0.2) is 24.3 Å². The van der Waals surface area contributed by atoms with Crippen LogP contribution in [0, 0.1) is 5.92 Å². The van der Waals surface area contributed by atoms with Crippen LogP contribution in [-0.4, -0.2) is 30.4 Å². The van der Waals surface area contributed by atoms with Crippen molar-refractivity contribution in [3.8, 4) is 0 Å². The van der Waals surface area contributed by atoms with Crippen LogP contribution in [0.5, 0.6) is 0 Å². The van der Waals surface area contributed by atoms with E-state index in [2.05, 4.69) is 34.5 Å². The van der Waals surface area contributed by atoms with Crippen molar-refractivity contribution in [1.82, 2.24) is 10.2 Å². The van der Waals surface area contributed by atoms with Crippen LogP contribution >= 0.6 is 0 Å². The molecule has 114 valence electrons. The number of rotatable bonds is 3. The normalized spacial score (nSPS) is 26.6. The SMILES string of the molecule is CC(=O)NCC1CCN(C2CC(N)c3ccccc32)CC1. The summed E-state index contributed by atoms with van der Waals surface area (Å²) in [7, 11) is 0. The van der Waals surface area contributed by atoms with Crippen molar-refractivity contribution in [1.29, 1.82) is 0 Å². The smallest absolute Gasteiger partial charge is 0.216 e. The third-order valence-corrected chi connectivity index (χ3v) is 4.96. The van der Waals surface area contributed by atoms with Crippen LogP contribution in [0.3, 0.4) is 0 Å². The maximum atomic E-state index is 11.0. The number of piperidine rings is 1. The number of hydrogen-bond donors (Lipinski definition) is 2. The molecular weight excluding hydrogens is 262 g/mol. The molecule has 1 aliphatic carbocycles. The molecule has 0 radical (unpaired) electrons. The van der Waals surface area contributed by atoms with Gasteiger partial charge < -0.3 is 11.1 Å². The zero-order chi connectivity index (χ0) is 14.8. The topological polar surface area (TPSA) is 58.4 Å². The second kappa shape index (κ2) is 6.16. The lowest BCUT2D eigenvalue weighted by Crippen LogP contribution is -2.39. The molecule has 4 nitrogen and oxygen atoms in total. The summed E-state index contributed by atoms with van der Waals surface area (Å²) in [6, 6.07) is 9.27. The Bertz CT molecular complexity index is 509. The molecule has 1 saturated heterocycles. The number of nitrogens with two attached hydrogens (primary N) is 1. The van der Waals surface area contributed by atoms with Crippen molar-refractivity contribution in [2.75, 3.05) is 19.6 Å². The standard InChI is InChI=1S/C17H25N3O/c1-12(21)19-11-13-6-8-20(9-7-13)17-10-16(18)14-4-2-3-5-15(14)17/h2-5,13,16-17H,6-11,18H2,1H3,(H,19,21). The second-order valence-electron chi connectivity index (χ2n) is 6.40. The monoisotopic (exact) mass is 287 g/mol. The number of carbonyl (C=O) groups excluding carboxylic acids is 1. The first-order valence-corrected chi connectivity index (χ1v) is 7.98. The molecule has 21 heavy (non-hydrogen) atoms. The summed E-state index contributed by atoms with van der Waals surface area (Å²) < 4.78 is 0. The van der Waals surface area contributed by atoms with Crippen LogP contribution in [0.2, 0.25) is 0 Å². The van der Waals surface area contributed by atoms with E-state index >= 15 is 0 Å². The lowest BCUT2D eigenvalue weighted by molar-refractivity contribution is -0.119. The van der Waals surface area contributed by atoms with Gasteiger partial charge in [-0.3, -0.25) is 9.69 Å². The highest BCUT2D eigenvalue weighted by molar-refractivity contribution is 5.72. The maximum absolute atomic E-state index is 11.0. The highest BCUT2D eigenvalue weighted by Gasteiger charge is 2.34. The average Bonchev–Trinajstić information content (AvgIpc) is 2.83. The van der Waals surface area contributed by atoms with E-state index < -0.39 is 0 Å². The number of nitrogens with zero attached hydrogens (tertiary/aromatic N) is 1. The summed E-state index contributed by atoms with van der Waals surface area (Å²) in [5.74, 6) is 0.698. The first-order valence-electron chi connectivity index (χ1n) is 7.98. The Balaban J connectivity index is 1.59. The number of carbonyl (C=O) groups is 1. The van der Waals surface area contributed by atoms with Gasteiger partial charge in [-0.2, -0.15) is 0 Å². The van der Waals surface area contributed by atoms with E-state index in [1.807, 2.05) is 0 Å². The number of fused-ring (bicyclic) bond motifs is 1. The summed E-state index contributed by atoms with van der Waals surface area (Å²) in [6.45, 7) is 4.63. The van der Waals surface area contributed by atoms with Gasteiger partial charge in [-0.05, 0) is 49.4 Å². The van der Waals surface area contributed by atoms with E-state index in [4.69, 9.17) is 5.73 Å². The van der Waals surface area contributed by atoms with Gasteiger partial charge in [0.1, 0.15) is 0 Å². The molecule has 1 aromatic carbocycles. The van der Waals surface area contributed by atoms with Crippen molar-refractivity contribution in [3.63, 3.8) is 0 Å². The number of likely N-dealkylation sites (tertiary alicyclic amines) is 1. The molecule has 1 heterocycles. The average molecular weight is 287 g/mol. The van der Waals surface area contributed by atoms with Gasteiger partial charge in [0, 0.05) is 25.6 Å². The van der Waals surface area contributed by atoms with Crippen LogP contribution in [0.1, 0.15) is 49.4 Å². The molecule has 1 fully saturated rings. The number of nitrogens with one attached hydrogen (secondary N) is 1. The van der Waals surface area contributed by atoms with Crippen LogP contribution < -0.4 is 11.1 Å². The molecule has 3 N–H and O–H groups in total. The summed E-state index contributed by atoms with van der Waals surface area (Å²) in [5.41, 5.74) is 9.02. The molecule has 1 amide bonds. The molecule has 4 heteroatoms. The van der Waals surface area contributed by atoms with E-state index in [9.17, 15) is 4.79 Å². The molecule has 2 unspecified atom stereocenters. The van der Waals surface area contributed by atoms with Gasteiger partial charge in [-0.25, -0.2) is 0 Å². The Morgan fingerprint density at radius 1 is 1.29 bits per heavy atom. The molecule has 0 bridgehead atoms. The van der Waals surface area contributed by atoms with E-state index in [0.29, 0.717) is 12.0 Å². The Hall–Kier alpha value is -1.39. The van der Waals surface area contributed by atoms with Crippen LogP contribution in [-0.2, 0) is 4.79 Å². The molecule has 0 saturated carbocycles. The number of benzene rings is 1. The van der Waals surface area contributed by atoms with Crippen LogP contribution in [0.4, 0.5) is 0 Å². The number of hydrogen-bond acceptors (Lipinski definition) is 3. The number of amides is 1. The first-order chi connectivity index (χ1) is 10.1. The minimum Gasteiger partial charge on any atom is -0.356 e.